The molecule has 0 aliphatic carbocycles. The highest BCUT2D eigenvalue weighted by molar-refractivity contribution is 5.44. The molecule has 1 unspecified atom stereocenters. The van der Waals surface area contributed by atoms with Crippen LogP contribution in [-0.2, 0) is 4.74 Å². The van der Waals surface area contributed by atoms with E-state index < -0.39 is 0 Å². The van der Waals surface area contributed by atoms with Crippen LogP contribution in [-0.4, -0.2) is 19.3 Å². The van der Waals surface area contributed by atoms with E-state index in [9.17, 15) is 5.26 Å². The molecule has 1 aliphatic heterocycles. The van der Waals surface area contributed by atoms with Gasteiger partial charge in [-0.15, -0.1) is 0 Å². The molecule has 0 bridgehead atoms. The van der Waals surface area contributed by atoms with E-state index in [1.807, 2.05) is 30.3 Å². The average molecular weight is 216 g/mol. The molecule has 2 rings (SSSR count). The first-order chi connectivity index (χ1) is 7.90. The normalized spacial score (nSPS) is 18.7. The lowest BCUT2D eigenvalue weighted by atomic mass is 9.92. The minimum absolute atomic E-state index is 0.105. The third-order valence-corrected chi connectivity index (χ3v) is 2.97. The molecule has 0 aromatic heterocycles. The first kappa shape index (κ1) is 11.0. The largest absolute Gasteiger partial charge is 0.381 e. The van der Waals surface area contributed by atoms with Crippen molar-refractivity contribution in [2.75, 3.05) is 18.5 Å². The Kier molecular flexibility index (Phi) is 3.79. The van der Waals surface area contributed by atoms with Crippen molar-refractivity contribution >= 4 is 5.69 Å². The van der Waals surface area contributed by atoms with Crippen molar-refractivity contribution in [3.63, 3.8) is 0 Å². The molecule has 1 N–H and O–H groups in total. The molecule has 1 fully saturated rings. The summed E-state index contributed by atoms with van der Waals surface area (Å²) in [5.74, 6) is 0.402. The number of rotatable bonds is 3. The zero-order chi connectivity index (χ0) is 11.2. The summed E-state index contributed by atoms with van der Waals surface area (Å²) in [6.07, 6.45) is 1.94. The van der Waals surface area contributed by atoms with Gasteiger partial charge in [-0.3, -0.25) is 0 Å². The Bertz CT molecular complexity index is 352. The molecular formula is C13H16N2O. The van der Waals surface area contributed by atoms with E-state index in [0.29, 0.717) is 5.92 Å². The molecule has 1 aromatic rings. The smallest absolute Gasteiger partial charge is 0.117 e. The summed E-state index contributed by atoms with van der Waals surface area (Å²) >= 11 is 0. The second-order valence-electron chi connectivity index (χ2n) is 4.07. The van der Waals surface area contributed by atoms with Gasteiger partial charge in [0.2, 0.25) is 0 Å². The summed E-state index contributed by atoms with van der Waals surface area (Å²) in [7, 11) is 0. The number of ether oxygens (including phenoxy) is 1. The fourth-order valence-electron chi connectivity index (χ4n) is 2.02. The average Bonchev–Trinajstić information content (AvgIpc) is 2.38. The molecule has 1 aromatic carbocycles. The summed E-state index contributed by atoms with van der Waals surface area (Å²) in [4.78, 5) is 0. The van der Waals surface area contributed by atoms with Crippen molar-refractivity contribution in [1.82, 2.24) is 0 Å². The van der Waals surface area contributed by atoms with Gasteiger partial charge in [0.25, 0.3) is 0 Å². The Labute approximate surface area is 96.0 Å². The van der Waals surface area contributed by atoms with E-state index in [0.717, 1.165) is 31.7 Å². The monoisotopic (exact) mass is 216 g/mol. The van der Waals surface area contributed by atoms with E-state index in [1.54, 1.807) is 0 Å². The first-order valence-electron chi connectivity index (χ1n) is 5.69. The Morgan fingerprint density at radius 3 is 2.56 bits per heavy atom. The molecule has 3 nitrogen and oxygen atoms in total. The number of hydrogen-bond donors (Lipinski definition) is 1. The third-order valence-electron chi connectivity index (χ3n) is 2.97. The van der Waals surface area contributed by atoms with Gasteiger partial charge in [-0.1, -0.05) is 18.2 Å². The molecule has 1 atom stereocenters. The van der Waals surface area contributed by atoms with Crippen LogP contribution in [0.5, 0.6) is 0 Å². The maximum absolute atomic E-state index is 9.19. The highest BCUT2D eigenvalue weighted by Crippen LogP contribution is 2.21. The zero-order valence-electron chi connectivity index (χ0n) is 9.23. The lowest BCUT2D eigenvalue weighted by Gasteiger charge is -2.27. The predicted octanol–water partition coefficient (Wildman–Crippen LogP) is 2.42. The Balaban J connectivity index is 1.98. The van der Waals surface area contributed by atoms with E-state index in [-0.39, 0.29) is 6.04 Å². The Morgan fingerprint density at radius 1 is 1.25 bits per heavy atom. The minimum atomic E-state index is -0.105. The number of nitrogens with one attached hydrogen (secondary N) is 1. The van der Waals surface area contributed by atoms with Crippen molar-refractivity contribution in [3.05, 3.63) is 30.3 Å². The SMILES string of the molecule is N#CC(Nc1ccccc1)C1CCOCC1. The summed E-state index contributed by atoms with van der Waals surface area (Å²) in [6, 6.07) is 12.1. The van der Waals surface area contributed by atoms with Crippen LogP contribution in [0.3, 0.4) is 0 Å². The maximum atomic E-state index is 9.19. The number of nitrogens with zero attached hydrogens (tertiary/aromatic N) is 1. The van der Waals surface area contributed by atoms with Crippen molar-refractivity contribution < 1.29 is 4.74 Å². The van der Waals surface area contributed by atoms with Crippen LogP contribution >= 0.6 is 0 Å². The van der Waals surface area contributed by atoms with E-state index in [1.165, 1.54) is 0 Å². The second kappa shape index (κ2) is 5.53. The fraction of sp³-hybridized carbons (Fsp3) is 0.462. The highest BCUT2D eigenvalue weighted by atomic mass is 16.5. The third kappa shape index (κ3) is 2.74. The van der Waals surface area contributed by atoms with Crippen molar-refractivity contribution in [1.29, 1.82) is 5.26 Å². The van der Waals surface area contributed by atoms with Crippen LogP contribution in [0, 0.1) is 17.2 Å². The first-order valence-corrected chi connectivity index (χ1v) is 5.69. The molecule has 84 valence electrons. The number of benzene rings is 1. The van der Waals surface area contributed by atoms with Crippen molar-refractivity contribution in [3.8, 4) is 6.07 Å². The van der Waals surface area contributed by atoms with Gasteiger partial charge >= 0.3 is 0 Å². The van der Waals surface area contributed by atoms with Crippen LogP contribution in [0.25, 0.3) is 0 Å². The van der Waals surface area contributed by atoms with Gasteiger partial charge in [-0.05, 0) is 30.9 Å². The van der Waals surface area contributed by atoms with Crippen molar-refractivity contribution in [2.24, 2.45) is 5.92 Å². The second-order valence-corrected chi connectivity index (χ2v) is 4.07. The Morgan fingerprint density at radius 2 is 1.94 bits per heavy atom. The predicted molar refractivity (Wildman–Crippen MR) is 63.0 cm³/mol. The van der Waals surface area contributed by atoms with Gasteiger partial charge in [0.05, 0.1) is 6.07 Å². The number of hydrogen-bond acceptors (Lipinski definition) is 3. The van der Waals surface area contributed by atoms with E-state index >= 15 is 0 Å². The van der Waals surface area contributed by atoms with E-state index in [4.69, 9.17) is 4.74 Å². The topological polar surface area (TPSA) is 45.0 Å². The minimum Gasteiger partial charge on any atom is -0.381 e. The van der Waals surface area contributed by atoms with Crippen LogP contribution in [0.4, 0.5) is 5.69 Å². The number of anilines is 1. The van der Waals surface area contributed by atoms with Crippen molar-refractivity contribution in [2.45, 2.75) is 18.9 Å². The van der Waals surface area contributed by atoms with Crippen LogP contribution in [0.15, 0.2) is 30.3 Å². The van der Waals surface area contributed by atoms with Crippen LogP contribution in [0.2, 0.25) is 0 Å². The van der Waals surface area contributed by atoms with Crippen LogP contribution < -0.4 is 5.32 Å². The van der Waals surface area contributed by atoms with Gasteiger partial charge in [0, 0.05) is 18.9 Å². The molecule has 1 heterocycles. The standard InChI is InChI=1S/C13H16N2O/c14-10-13(11-6-8-16-9-7-11)15-12-4-2-1-3-5-12/h1-5,11,13,15H,6-9H2. The molecule has 1 saturated heterocycles. The maximum Gasteiger partial charge on any atom is 0.117 e. The molecule has 16 heavy (non-hydrogen) atoms. The Hall–Kier alpha value is -1.53. The molecule has 1 aliphatic rings. The highest BCUT2D eigenvalue weighted by Gasteiger charge is 2.23. The number of para-hydroxylation sites is 1. The van der Waals surface area contributed by atoms with Gasteiger partial charge in [-0.25, -0.2) is 0 Å². The fourth-order valence-corrected chi connectivity index (χ4v) is 2.02. The summed E-state index contributed by atoms with van der Waals surface area (Å²) in [5, 5.41) is 12.5. The summed E-state index contributed by atoms with van der Waals surface area (Å²) in [6.45, 7) is 1.55. The van der Waals surface area contributed by atoms with Gasteiger partial charge in [0.1, 0.15) is 6.04 Å². The van der Waals surface area contributed by atoms with Crippen LogP contribution in [0.1, 0.15) is 12.8 Å². The summed E-state index contributed by atoms with van der Waals surface area (Å²) < 4.78 is 5.31. The lowest BCUT2D eigenvalue weighted by Crippen LogP contribution is -2.32. The molecular weight excluding hydrogens is 200 g/mol. The van der Waals surface area contributed by atoms with Gasteiger partial charge in [0.15, 0.2) is 0 Å². The molecule has 0 spiro atoms. The molecule has 0 amide bonds. The molecule has 0 saturated carbocycles. The quantitative estimate of drug-likeness (QED) is 0.844. The lowest BCUT2D eigenvalue weighted by molar-refractivity contribution is 0.0651. The van der Waals surface area contributed by atoms with Gasteiger partial charge in [-0.2, -0.15) is 5.26 Å². The van der Waals surface area contributed by atoms with Gasteiger partial charge < -0.3 is 10.1 Å². The molecule has 0 radical (unpaired) electrons. The molecule has 3 heteroatoms. The van der Waals surface area contributed by atoms with E-state index in [2.05, 4.69) is 11.4 Å². The zero-order valence-corrected chi connectivity index (χ0v) is 9.23. The summed E-state index contributed by atoms with van der Waals surface area (Å²) in [5.41, 5.74) is 1.01. The number of nitriles is 1.